The van der Waals surface area contributed by atoms with E-state index < -0.39 is 5.60 Å². The molecular weight excluding hydrogens is 416 g/mol. The molecule has 0 aliphatic carbocycles. The van der Waals surface area contributed by atoms with Crippen molar-refractivity contribution in [2.45, 2.75) is 73.1 Å². The Morgan fingerprint density at radius 1 is 0.848 bits per heavy atom. The number of aliphatic hydroxyl groups is 1. The third-order valence-electron chi connectivity index (χ3n) is 5.65. The van der Waals surface area contributed by atoms with Crippen LogP contribution in [-0.2, 0) is 17.8 Å². The molecule has 8 heteroatoms. The second-order valence-electron chi connectivity index (χ2n) is 8.48. The summed E-state index contributed by atoms with van der Waals surface area (Å²) in [6.45, 7) is 20.9. The molecule has 2 aliphatic rings. The number of rotatable bonds is 5. The van der Waals surface area contributed by atoms with Crippen molar-refractivity contribution in [3.8, 4) is 0 Å². The Kier molecular flexibility index (Phi) is 14.2. The molecule has 8 nitrogen and oxygen atoms in total. The maximum Gasteiger partial charge on any atom is 0.0886 e. The number of aryl methyl sites for hydroxylation is 2. The van der Waals surface area contributed by atoms with E-state index in [0.717, 1.165) is 18.7 Å². The molecule has 0 unspecified atom stereocenters. The summed E-state index contributed by atoms with van der Waals surface area (Å²) in [6, 6.07) is 0. The smallest absolute Gasteiger partial charge is 0.0886 e. The minimum Gasteiger partial charge on any atom is -0.388 e. The summed E-state index contributed by atoms with van der Waals surface area (Å²) in [4.78, 5) is 4.89. The largest absolute Gasteiger partial charge is 0.388 e. The van der Waals surface area contributed by atoms with Gasteiger partial charge in [-0.15, -0.1) is 0 Å². The molecule has 33 heavy (non-hydrogen) atoms. The summed E-state index contributed by atoms with van der Waals surface area (Å²) in [5, 5.41) is 18.7. The van der Waals surface area contributed by atoms with Gasteiger partial charge in [-0.05, 0) is 32.0 Å². The number of ether oxygens (including phenoxy) is 1. The summed E-state index contributed by atoms with van der Waals surface area (Å²) in [5.41, 5.74) is 1.74. The minimum atomic E-state index is -0.628. The van der Waals surface area contributed by atoms with Crippen molar-refractivity contribution in [1.82, 2.24) is 29.4 Å². The van der Waals surface area contributed by atoms with Gasteiger partial charge in [-0.3, -0.25) is 14.3 Å². The van der Waals surface area contributed by atoms with Gasteiger partial charge in [-0.1, -0.05) is 27.7 Å². The third kappa shape index (κ3) is 11.3. The van der Waals surface area contributed by atoms with E-state index in [1.54, 1.807) is 4.68 Å². The van der Waals surface area contributed by atoms with E-state index in [1.165, 1.54) is 31.7 Å². The van der Waals surface area contributed by atoms with Crippen LogP contribution in [0.5, 0.6) is 0 Å². The highest BCUT2D eigenvalue weighted by atomic mass is 16.5. The van der Waals surface area contributed by atoms with Gasteiger partial charge in [-0.25, -0.2) is 0 Å². The third-order valence-corrected chi connectivity index (χ3v) is 5.65. The molecule has 2 saturated heterocycles. The highest BCUT2D eigenvalue weighted by Crippen LogP contribution is 2.22. The van der Waals surface area contributed by atoms with Gasteiger partial charge in [0.1, 0.15) is 0 Å². The molecule has 1 N–H and O–H groups in total. The van der Waals surface area contributed by atoms with Crippen LogP contribution in [0.3, 0.4) is 0 Å². The first kappa shape index (κ1) is 29.3. The Labute approximate surface area is 201 Å². The van der Waals surface area contributed by atoms with Crippen LogP contribution < -0.4 is 0 Å². The van der Waals surface area contributed by atoms with Crippen molar-refractivity contribution in [3.05, 3.63) is 35.9 Å². The summed E-state index contributed by atoms with van der Waals surface area (Å²) < 4.78 is 9.06. The highest BCUT2D eigenvalue weighted by Gasteiger charge is 2.30. The fourth-order valence-corrected chi connectivity index (χ4v) is 3.67. The maximum absolute atomic E-state index is 10.2. The van der Waals surface area contributed by atoms with Crippen molar-refractivity contribution in [3.63, 3.8) is 0 Å². The predicted octanol–water partition coefficient (Wildman–Crippen LogP) is 3.22. The van der Waals surface area contributed by atoms with Crippen LogP contribution in [-0.4, -0.2) is 93.1 Å². The fourth-order valence-electron chi connectivity index (χ4n) is 3.67. The zero-order valence-corrected chi connectivity index (χ0v) is 22.1. The van der Waals surface area contributed by atoms with Gasteiger partial charge < -0.3 is 14.7 Å². The Morgan fingerprint density at radius 2 is 1.36 bits per heavy atom. The molecule has 4 rings (SSSR count). The Bertz CT molecular complexity index is 731. The first-order valence-electron chi connectivity index (χ1n) is 12.6. The van der Waals surface area contributed by atoms with Crippen molar-refractivity contribution in [2.24, 2.45) is 0 Å². The Balaban J connectivity index is 0.000000288. The number of likely N-dealkylation sites (N-methyl/N-ethyl adjacent to an activating group) is 1. The molecule has 0 radical (unpaired) electrons. The number of aromatic nitrogens is 4. The average Bonchev–Trinajstić information content (AvgIpc) is 3.44. The minimum absolute atomic E-state index is 0.574. The molecular formula is C25H48N6O2. The molecule has 0 saturated carbocycles. The SMILES string of the molecule is CC.CC.Cc1cnn(CC2(O)CCOCC2)c1.Cc1cnn(CCN2CCN(C)CC2)c1. The van der Waals surface area contributed by atoms with E-state index in [2.05, 4.69) is 40.2 Å². The fraction of sp³-hybridized carbons (Fsp3) is 0.760. The van der Waals surface area contributed by atoms with E-state index in [9.17, 15) is 5.11 Å². The zero-order chi connectivity index (χ0) is 24.7. The number of hydrogen-bond acceptors (Lipinski definition) is 6. The number of hydrogen-bond donors (Lipinski definition) is 1. The highest BCUT2D eigenvalue weighted by molar-refractivity contribution is 5.00. The van der Waals surface area contributed by atoms with E-state index in [0.29, 0.717) is 32.6 Å². The molecule has 2 aliphatic heterocycles. The lowest BCUT2D eigenvalue weighted by Crippen LogP contribution is -2.45. The van der Waals surface area contributed by atoms with Crippen LogP contribution in [0.4, 0.5) is 0 Å². The molecule has 2 fully saturated rings. The van der Waals surface area contributed by atoms with Crippen LogP contribution in [0.25, 0.3) is 0 Å². The molecule has 0 amide bonds. The Morgan fingerprint density at radius 3 is 1.85 bits per heavy atom. The first-order chi connectivity index (χ1) is 15.9. The Hall–Kier alpha value is -1.74. The lowest BCUT2D eigenvalue weighted by Gasteiger charge is -2.32. The summed E-state index contributed by atoms with van der Waals surface area (Å²) in [7, 11) is 2.19. The number of nitrogens with zero attached hydrogens (tertiary/aromatic N) is 6. The average molecular weight is 465 g/mol. The monoisotopic (exact) mass is 464 g/mol. The standard InChI is InChI=1S/C11H20N4.C10H16N2O2.2C2H6/c1-11-9-12-15(10-11)8-7-14-5-3-13(2)4-6-14;1-9-6-11-12(7-9)8-10(13)2-4-14-5-3-10;2*1-2/h9-10H,3-8H2,1-2H3;6-7,13H,2-5,8H2,1H3;2*1-2H3. The molecule has 0 aromatic carbocycles. The summed E-state index contributed by atoms with van der Waals surface area (Å²) in [5.74, 6) is 0. The summed E-state index contributed by atoms with van der Waals surface area (Å²) in [6.07, 6.45) is 9.19. The van der Waals surface area contributed by atoms with Gasteiger partial charge in [0.05, 0.1) is 31.1 Å². The molecule has 2 aromatic rings. The van der Waals surface area contributed by atoms with E-state index in [1.807, 2.05) is 57.9 Å². The second kappa shape index (κ2) is 16.0. The maximum atomic E-state index is 10.2. The zero-order valence-electron chi connectivity index (χ0n) is 22.1. The molecule has 2 aromatic heterocycles. The molecule has 0 bridgehead atoms. The van der Waals surface area contributed by atoms with E-state index in [-0.39, 0.29) is 0 Å². The van der Waals surface area contributed by atoms with Crippen LogP contribution in [0.1, 0.15) is 51.7 Å². The predicted molar refractivity (Wildman–Crippen MR) is 136 cm³/mol. The van der Waals surface area contributed by atoms with Crippen molar-refractivity contribution < 1.29 is 9.84 Å². The topological polar surface area (TPSA) is 71.6 Å². The van der Waals surface area contributed by atoms with Crippen molar-refractivity contribution in [1.29, 1.82) is 0 Å². The molecule has 190 valence electrons. The lowest BCUT2D eigenvalue weighted by molar-refractivity contribution is -0.0744. The normalized spacial score (nSPS) is 18.2. The van der Waals surface area contributed by atoms with Gasteiger partial charge in [0.2, 0.25) is 0 Å². The van der Waals surface area contributed by atoms with Crippen molar-refractivity contribution >= 4 is 0 Å². The van der Waals surface area contributed by atoms with E-state index >= 15 is 0 Å². The molecule has 0 spiro atoms. The first-order valence-corrected chi connectivity index (χ1v) is 12.6. The summed E-state index contributed by atoms with van der Waals surface area (Å²) >= 11 is 0. The van der Waals surface area contributed by atoms with Crippen LogP contribution in [0, 0.1) is 13.8 Å². The van der Waals surface area contributed by atoms with Gasteiger partial charge in [0.15, 0.2) is 0 Å². The van der Waals surface area contributed by atoms with Gasteiger partial charge in [0, 0.05) is 71.2 Å². The van der Waals surface area contributed by atoms with Gasteiger partial charge >= 0.3 is 0 Å². The van der Waals surface area contributed by atoms with E-state index in [4.69, 9.17) is 4.74 Å². The van der Waals surface area contributed by atoms with Crippen LogP contribution >= 0.6 is 0 Å². The van der Waals surface area contributed by atoms with Crippen molar-refractivity contribution in [2.75, 3.05) is 53.0 Å². The lowest BCUT2D eigenvalue weighted by atomic mass is 9.94. The molecule has 4 heterocycles. The van der Waals surface area contributed by atoms with Gasteiger partial charge in [0.25, 0.3) is 0 Å². The molecule has 0 atom stereocenters. The quantitative estimate of drug-likeness (QED) is 0.733. The van der Waals surface area contributed by atoms with Crippen LogP contribution in [0.2, 0.25) is 0 Å². The number of piperazine rings is 1. The van der Waals surface area contributed by atoms with Crippen LogP contribution in [0.15, 0.2) is 24.8 Å². The second-order valence-corrected chi connectivity index (χ2v) is 8.48. The van der Waals surface area contributed by atoms with Gasteiger partial charge in [-0.2, -0.15) is 10.2 Å².